The molecule has 2 rings (SSSR count). The van der Waals surface area contributed by atoms with Gasteiger partial charge in [-0.15, -0.1) is 0 Å². The average Bonchev–Trinajstić information content (AvgIpc) is 2.56. The number of aromatic nitrogens is 1. The molecule has 0 spiro atoms. The topological polar surface area (TPSA) is 53.5 Å². The smallest absolute Gasteiger partial charge is 0.315 e. The van der Waals surface area contributed by atoms with Gasteiger partial charge in [-0.1, -0.05) is 24.6 Å². The van der Waals surface area contributed by atoms with Crippen LogP contribution in [0.25, 0.3) is 0 Å². The lowest BCUT2D eigenvalue weighted by atomic mass is 10.2. The van der Waals surface area contributed by atoms with Gasteiger partial charge in [0, 0.05) is 13.2 Å². The quantitative estimate of drug-likeness (QED) is 0.621. The molecule has 0 radical (unpaired) electrons. The minimum atomic E-state index is -0.349. The fourth-order valence-electron chi connectivity index (χ4n) is 2.04. The van der Waals surface area contributed by atoms with E-state index >= 15 is 0 Å². The first kappa shape index (κ1) is 12.8. The third-order valence-corrected chi connectivity index (χ3v) is 3.29. The molecular weight excluding hydrogens is 254 g/mol. The Morgan fingerprint density at radius 1 is 1.39 bits per heavy atom. The van der Waals surface area contributed by atoms with E-state index in [0.29, 0.717) is 11.6 Å². The van der Waals surface area contributed by atoms with Gasteiger partial charge < -0.3 is 4.90 Å². The Bertz CT molecular complexity index is 475. The molecule has 0 aromatic carbocycles. The number of halogens is 1. The summed E-state index contributed by atoms with van der Waals surface area (Å²) in [6.07, 6.45) is 2.19. The summed E-state index contributed by atoms with van der Waals surface area (Å²) in [7, 11) is 1.65. The highest BCUT2D eigenvalue weighted by atomic mass is 35.5. The van der Waals surface area contributed by atoms with Crippen molar-refractivity contribution in [1.82, 2.24) is 14.8 Å². The molecule has 0 N–H and O–H groups in total. The zero-order valence-corrected chi connectivity index (χ0v) is 11.0. The molecule has 0 saturated carbocycles. The van der Waals surface area contributed by atoms with Gasteiger partial charge in [0.1, 0.15) is 11.2 Å². The number of carbonyl (C=O) groups excluding carboxylic acids is 2. The predicted octanol–water partition coefficient (Wildman–Crippen LogP) is 1.91. The minimum Gasteiger partial charge on any atom is -0.315 e. The predicted molar refractivity (Wildman–Crippen MR) is 67.0 cm³/mol. The Kier molecular flexibility index (Phi) is 3.52. The van der Waals surface area contributed by atoms with Crippen molar-refractivity contribution in [3.8, 4) is 0 Å². The summed E-state index contributed by atoms with van der Waals surface area (Å²) in [5.41, 5.74) is 0.784. The third kappa shape index (κ3) is 2.18. The molecule has 1 unspecified atom stereocenters. The largest absolute Gasteiger partial charge is 0.327 e. The number of pyridine rings is 1. The molecule has 0 aliphatic carbocycles. The second-order valence-corrected chi connectivity index (χ2v) is 4.62. The van der Waals surface area contributed by atoms with Crippen LogP contribution in [0.15, 0.2) is 18.3 Å². The van der Waals surface area contributed by atoms with Gasteiger partial charge in [0.25, 0.3) is 5.91 Å². The normalized spacial score (nSPS) is 19.8. The lowest BCUT2D eigenvalue weighted by Gasteiger charge is -2.14. The molecule has 1 aliphatic rings. The standard InChI is InChI=1S/C12H14ClN3O2/c1-3-9-11(17)16(12(18)15(9)2)7-8-4-5-10(13)14-6-8/h4-6,9H,3,7H2,1-2H3. The maximum Gasteiger partial charge on any atom is 0.327 e. The summed E-state index contributed by atoms with van der Waals surface area (Å²) in [6, 6.07) is 2.79. The SMILES string of the molecule is CCC1C(=O)N(Cc2ccc(Cl)nc2)C(=O)N1C. The van der Waals surface area contributed by atoms with Crippen molar-refractivity contribution in [3.05, 3.63) is 29.0 Å². The zero-order valence-electron chi connectivity index (χ0n) is 10.3. The van der Waals surface area contributed by atoms with Gasteiger partial charge >= 0.3 is 6.03 Å². The van der Waals surface area contributed by atoms with E-state index in [1.807, 2.05) is 6.92 Å². The van der Waals surface area contributed by atoms with E-state index in [1.165, 1.54) is 9.80 Å². The molecule has 1 fully saturated rings. The molecule has 96 valence electrons. The molecule has 5 nitrogen and oxygen atoms in total. The highest BCUT2D eigenvalue weighted by Gasteiger charge is 2.41. The second kappa shape index (κ2) is 4.94. The maximum atomic E-state index is 12.0. The minimum absolute atomic E-state index is 0.153. The van der Waals surface area contributed by atoms with E-state index in [4.69, 9.17) is 11.6 Å². The van der Waals surface area contributed by atoms with Crippen LogP contribution in [-0.2, 0) is 11.3 Å². The fourth-order valence-corrected chi connectivity index (χ4v) is 2.15. The van der Waals surface area contributed by atoms with Crippen LogP contribution in [0.4, 0.5) is 4.79 Å². The van der Waals surface area contributed by atoms with Crippen LogP contribution in [0, 0.1) is 0 Å². The summed E-state index contributed by atoms with van der Waals surface area (Å²) in [5, 5.41) is 0.390. The number of imide groups is 1. The molecule has 3 amide bonds. The lowest BCUT2D eigenvalue weighted by Crippen LogP contribution is -2.31. The van der Waals surface area contributed by atoms with Crippen molar-refractivity contribution < 1.29 is 9.59 Å². The first-order valence-electron chi connectivity index (χ1n) is 5.73. The van der Waals surface area contributed by atoms with E-state index in [2.05, 4.69) is 4.98 Å². The van der Waals surface area contributed by atoms with Gasteiger partial charge in [0.15, 0.2) is 0 Å². The van der Waals surface area contributed by atoms with Gasteiger partial charge in [0.05, 0.1) is 6.54 Å². The Labute approximate surface area is 110 Å². The van der Waals surface area contributed by atoms with E-state index in [0.717, 1.165) is 5.56 Å². The highest BCUT2D eigenvalue weighted by Crippen LogP contribution is 2.20. The van der Waals surface area contributed by atoms with Crippen LogP contribution in [-0.4, -0.2) is 39.8 Å². The van der Waals surface area contributed by atoms with Crippen molar-refractivity contribution in [2.75, 3.05) is 7.05 Å². The highest BCUT2D eigenvalue weighted by molar-refractivity contribution is 6.29. The van der Waals surface area contributed by atoms with Crippen LogP contribution >= 0.6 is 11.6 Å². The summed E-state index contributed by atoms with van der Waals surface area (Å²) in [6.45, 7) is 2.13. The molecule has 18 heavy (non-hydrogen) atoms. The van der Waals surface area contributed by atoms with Crippen molar-refractivity contribution in [3.63, 3.8) is 0 Å². The monoisotopic (exact) mass is 267 g/mol. The van der Waals surface area contributed by atoms with Gasteiger partial charge in [0.2, 0.25) is 0 Å². The van der Waals surface area contributed by atoms with Crippen molar-refractivity contribution in [2.24, 2.45) is 0 Å². The van der Waals surface area contributed by atoms with Crippen LogP contribution in [0.2, 0.25) is 5.15 Å². The zero-order chi connectivity index (χ0) is 13.3. The van der Waals surface area contributed by atoms with Crippen molar-refractivity contribution in [2.45, 2.75) is 25.9 Å². The average molecular weight is 268 g/mol. The summed E-state index contributed by atoms with van der Waals surface area (Å²) in [5.74, 6) is -0.153. The Balaban J connectivity index is 2.17. The van der Waals surface area contributed by atoms with Gasteiger partial charge in [-0.3, -0.25) is 9.69 Å². The molecule has 1 saturated heterocycles. The molecular formula is C12H14ClN3O2. The van der Waals surface area contributed by atoms with E-state index in [1.54, 1.807) is 25.4 Å². The molecule has 2 heterocycles. The number of amides is 3. The van der Waals surface area contributed by atoms with Crippen LogP contribution in [0.3, 0.4) is 0 Å². The number of rotatable bonds is 3. The molecule has 0 bridgehead atoms. The molecule has 1 atom stereocenters. The summed E-state index contributed by atoms with van der Waals surface area (Å²) < 4.78 is 0. The number of hydrogen-bond acceptors (Lipinski definition) is 3. The van der Waals surface area contributed by atoms with Crippen LogP contribution < -0.4 is 0 Å². The molecule has 1 aromatic heterocycles. The first-order chi connectivity index (χ1) is 8.54. The number of likely N-dealkylation sites (N-methyl/N-ethyl adjacent to an activating group) is 1. The van der Waals surface area contributed by atoms with Gasteiger partial charge in [-0.2, -0.15) is 0 Å². The molecule has 1 aromatic rings. The van der Waals surface area contributed by atoms with E-state index < -0.39 is 0 Å². The first-order valence-corrected chi connectivity index (χ1v) is 6.11. The number of urea groups is 1. The molecule has 6 heteroatoms. The number of hydrogen-bond donors (Lipinski definition) is 0. The summed E-state index contributed by atoms with van der Waals surface area (Å²) in [4.78, 5) is 30.6. The Hall–Kier alpha value is -1.62. The van der Waals surface area contributed by atoms with Crippen LogP contribution in [0.1, 0.15) is 18.9 Å². The van der Waals surface area contributed by atoms with Gasteiger partial charge in [-0.25, -0.2) is 9.78 Å². The number of carbonyl (C=O) groups is 2. The third-order valence-electron chi connectivity index (χ3n) is 3.07. The maximum absolute atomic E-state index is 12.0. The Morgan fingerprint density at radius 2 is 2.11 bits per heavy atom. The number of nitrogens with zero attached hydrogens (tertiary/aromatic N) is 3. The van der Waals surface area contributed by atoms with Crippen molar-refractivity contribution in [1.29, 1.82) is 0 Å². The second-order valence-electron chi connectivity index (χ2n) is 4.23. The fraction of sp³-hybridized carbons (Fsp3) is 0.417. The lowest BCUT2D eigenvalue weighted by molar-refractivity contribution is -0.128. The van der Waals surface area contributed by atoms with Crippen molar-refractivity contribution >= 4 is 23.5 Å². The van der Waals surface area contributed by atoms with E-state index in [-0.39, 0.29) is 24.5 Å². The van der Waals surface area contributed by atoms with E-state index in [9.17, 15) is 9.59 Å². The van der Waals surface area contributed by atoms with Gasteiger partial charge in [-0.05, 0) is 18.1 Å². The van der Waals surface area contributed by atoms with Crippen LogP contribution in [0.5, 0.6) is 0 Å². The Morgan fingerprint density at radius 3 is 2.61 bits per heavy atom. The molecule has 1 aliphatic heterocycles. The summed E-state index contributed by atoms with van der Waals surface area (Å²) >= 11 is 5.69.